The molecule has 0 saturated heterocycles. The van der Waals surface area contributed by atoms with Crippen LogP contribution in [0.4, 0.5) is 0 Å². The molecule has 0 fully saturated rings. The van der Waals surface area contributed by atoms with E-state index in [2.05, 4.69) is 0 Å². The predicted molar refractivity (Wildman–Crippen MR) is 51.8 cm³/mol. The Labute approximate surface area is 81.1 Å². The third-order valence-electron chi connectivity index (χ3n) is 1.62. The van der Waals surface area contributed by atoms with Crippen molar-refractivity contribution in [3.8, 4) is 0 Å². The van der Waals surface area contributed by atoms with Crippen LogP contribution in [0.3, 0.4) is 0 Å². The van der Waals surface area contributed by atoms with Gasteiger partial charge in [0.15, 0.2) is 0 Å². The van der Waals surface area contributed by atoms with Crippen molar-refractivity contribution in [2.75, 3.05) is 0 Å². The van der Waals surface area contributed by atoms with Crippen LogP contribution in [0.25, 0.3) is 0 Å². The number of aryl methyl sites for hydroxylation is 1. The number of carboxylic acid groups (broad SMARTS) is 1. The SMILES string of the molecule is Cc1ccc(CSC(C)C(=O)O)o1. The van der Waals surface area contributed by atoms with Crippen LogP contribution in [0.15, 0.2) is 16.5 Å². The molecule has 0 aliphatic carbocycles. The molecule has 0 radical (unpaired) electrons. The lowest BCUT2D eigenvalue weighted by Gasteiger charge is -2.02. The van der Waals surface area contributed by atoms with Gasteiger partial charge in [0.05, 0.1) is 11.0 Å². The van der Waals surface area contributed by atoms with E-state index >= 15 is 0 Å². The van der Waals surface area contributed by atoms with E-state index in [1.54, 1.807) is 6.92 Å². The van der Waals surface area contributed by atoms with Gasteiger partial charge in [-0.1, -0.05) is 0 Å². The summed E-state index contributed by atoms with van der Waals surface area (Å²) < 4.78 is 5.30. The van der Waals surface area contributed by atoms with Crippen molar-refractivity contribution in [2.24, 2.45) is 0 Å². The molecule has 13 heavy (non-hydrogen) atoms. The van der Waals surface area contributed by atoms with Crippen molar-refractivity contribution in [2.45, 2.75) is 24.9 Å². The van der Waals surface area contributed by atoms with Gasteiger partial charge >= 0.3 is 5.97 Å². The minimum absolute atomic E-state index is 0.384. The lowest BCUT2D eigenvalue weighted by atomic mass is 10.5. The fraction of sp³-hybridized carbons (Fsp3) is 0.444. The van der Waals surface area contributed by atoms with Crippen LogP contribution in [0.1, 0.15) is 18.4 Å². The molecule has 1 unspecified atom stereocenters. The number of carbonyl (C=O) groups is 1. The number of hydrogen-bond acceptors (Lipinski definition) is 3. The summed E-state index contributed by atoms with van der Waals surface area (Å²) in [5, 5.41) is 8.23. The molecule has 3 nitrogen and oxygen atoms in total. The Balaban J connectivity index is 2.39. The number of carboxylic acids is 1. The van der Waals surface area contributed by atoms with E-state index in [1.165, 1.54) is 11.8 Å². The molecular weight excluding hydrogens is 188 g/mol. The molecule has 0 amide bonds. The van der Waals surface area contributed by atoms with Gasteiger partial charge < -0.3 is 9.52 Å². The first-order chi connectivity index (χ1) is 6.09. The van der Waals surface area contributed by atoms with E-state index in [1.807, 2.05) is 19.1 Å². The summed E-state index contributed by atoms with van der Waals surface area (Å²) in [5.41, 5.74) is 0. The summed E-state index contributed by atoms with van der Waals surface area (Å²) in [4.78, 5) is 10.5. The van der Waals surface area contributed by atoms with Crippen molar-refractivity contribution in [1.29, 1.82) is 0 Å². The zero-order valence-corrected chi connectivity index (χ0v) is 8.43. The second kappa shape index (κ2) is 4.37. The van der Waals surface area contributed by atoms with Gasteiger partial charge in [0, 0.05) is 0 Å². The Bertz CT molecular complexity index is 293. The Morgan fingerprint density at radius 1 is 1.69 bits per heavy atom. The van der Waals surface area contributed by atoms with Crippen molar-refractivity contribution in [3.63, 3.8) is 0 Å². The highest BCUT2D eigenvalue weighted by Gasteiger charge is 2.11. The van der Waals surface area contributed by atoms with Crippen molar-refractivity contribution in [1.82, 2.24) is 0 Å². The first-order valence-electron chi connectivity index (χ1n) is 3.99. The number of rotatable bonds is 4. The lowest BCUT2D eigenvalue weighted by Crippen LogP contribution is -2.11. The molecule has 0 spiro atoms. The maximum Gasteiger partial charge on any atom is 0.316 e. The number of thioether (sulfide) groups is 1. The molecule has 0 saturated carbocycles. The number of hydrogen-bond donors (Lipinski definition) is 1. The summed E-state index contributed by atoms with van der Waals surface area (Å²) in [6, 6.07) is 3.75. The van der Waals surface area contributed by atoms with Gasteiger partial charge in [-0.3, -0.25) is 4.79 Å². The molecule has 72 valence electrons. The Morgan fingerprint density at radius 3 is 2.85 bits per heavy atom. The predicted octanol–water partition coefficient (Wildman–Crippen LogP) is 2.29. The Kier molecular flexibility index (Phi) is 3.42. The van der Waals surface area contributed by atoms with Gasteiger partial charge in [-0.2, -0.15) is 0 Å². The third kappa shape index (κ3) is 3.14. The van der Waals surface area contributed by atoms with Gasteiger partial charge in [0.25, 0.3) is 0 Å². The number of aliphatic carboxylic acids is 1. The molecule has 1 heterocycles. The Morgan fingerprint density at radius 2 is 2.38 bits per heavy atom. The quantitative estimate of drug-likeness (QED) is 0.810. The second-order valence-corrected chi connectivity index (χ2v) is 4.13. The van der Waals surface area contributed by atoms with Crippen LogP contribution in [0.5, 0.6) is 0 Å². The molecular formula is C9H12O3S. The molecule has 1 N–H and O–H groups in total. The molecule has 4 heteroatoms. The maximum atomic E-state index is 10.5. The van der Waals surface area contributed by atoms with Gasteiger partial charge in [-0.15, -0.1) is 11.8 Å². The van der Waals surface area contributed by atoms with E-state index in [4.69, 9.17) is 9.52 Å². The average molecular weight is 200 g/mol. The van der Waals surface area contributed by atoms with Crippen LogP contribution < -0.4 is 0 Å². The minimum Gasteiger partial charge on any atom is -0.480 e. The van der Waals surface area contributed by atoms with Crippen LogP contribution in [-0.4, -0.2) is 16.3 Å². The third-order valence-corrected chi connectivity index (χ3v) is 2.77. The van der Waals surface area contributed by atoms with Crippen LogP contribution in [0, 0.1) is 6.92 Å². The summed E-state index contributed by atoms with van der Waals surface area (Å²) >= 11 is 1.36. The van der Waals surface area contributed by atoms with Gasteiger partial charge in [-0.25, -0.2) is 0 Å². The zero-order valence-electron chi connectivity index (χ0n) is 7.61. The van der Waals surface area contributed by atoms with E-state index in [0.29, 0.717) is 5.75 Å². The van der Waals surface area contributed by atoms with E-state index < -0.39 is 5.97 Å². The van der Waals surface area contributed by atoms with Crippen molar-refractivity contribution >= 4 is 17.7 Å². The molecule has 1 aromatic heterocycles. The Hall–Kier alpha value is -0.900. The molecule has 1 rings (SSSR count). The van der Waals surface area contributed by atoms with E-state index in [-0.39, 0.29) is 5.25 Å². The highest BCUT2D eigenvalue weighted by atomic mass is 32.2. The minimum atomic E-state index is -0.784. The van der Waals surface area contributed by atoms with Crippen molar-refractivity contribution < 1.29 is 14.3 Å². The van der Waals surface area contributed by atoms with Crippen molar-refractivity contribution in [3.05, 3.63) is 23.7 Å². The normalized spacial score (nSPS) is 12.8. The first kappa shape index (κ1) is 10.2. The fourth-order valence-electron chi connectivity index (χ4n) is 0.841. The summed E-state index contributed by atoms with van der Waals surface area (Å²) in [5.74, 6) is 1.52. The van der Waals surface area contributed by atoms with Gasteiger partial charge in [-0.05, 0) is 26.0 Å². The van der Waals surface area contributed by atoms with Gasteiger partial charge in [0.2, 0.25) is 0 Å². The topological polar surface area (TPSA) is 50.4 Å². The maximum absolute atomic E-state index is 10.5. The molecule has 0 aromatic carbocycles. The highest BCUT2D eigenvalue weighted by molar-refractivity contribution is 7.99. The summed E-state index contributed by atoms with van der Waals surface area (Å²) in [7, 11) is 0. The monoisotopic (exact) mass is 200 g/mol. The van der Waals surface area contributed by atoms with Gasteiger partial charge in [0.1, 0.15) is 11.5 Å². The molecule has 1 atom stereocenters. The average Bonchev–Trinajstić information content (AvgIpc) is 2.47. The smallest absolute Gasteiger partial charge is 0.316 e. The van der Waals surface area contributed by atoms with Crippen LogP contribution in [0.2, 0.25) is 0 Å². The summed E-state index contributed by atoms with van der Waals surface area (Å²) in [6.07, 6.45) is 0. The molecule has 0 aliphatic rings. The molecule has 1 aromatic rings. The molecule has 0 bridgehead atoms. The van der Waals surface area contributed by atoms with E-state index in [0.717, 1.165) is 11.5 Å². The molecule has 0 aliphatic heterocycles. The number of furan rings is 1. The highest BCUT2D eigenvalue weighted by Crippen LogP contribution is 2.19. The standard InChI is InChI=1S/C9H12O3S/c1-6-3-4-8(12-6)5-13-7(2)9(10)11/h3-4,7H,5H2,1-2H3,(H,10,11). The van der Waals surface area contributed by atoms with Crippen LogP contribution in [-0.2, 0) is 10.5 Å². The first-order valence-corrected chi connectivity index (χ1v) is 5.04. The summed E-state index contributed by atoms with van der Waals surface area (Å²) in [6.45, 7) is 3.54. The second-order valence-electron chi connectivity index (χ2n) is 2.80. The zero-order chi connectivity index (χ0) is 9.84. The van der Waals surface area contributed by atoms with E-state index in [9.17, 15) is 4.79 Å². The van der Waals surface area contributed by atoms with Crippen LogP contribution >= 0.6 is 11.8 Å². The largest absolute Gasteiger partial charge is 0.480 e. The lowest BCUT2D eigenvalue weighted by molar-refractivity contribution is -0.136. The fourth-order valence-corrected chi connectivity index (χ4v) is 1.55.